The molecule has 4 heteroatoms. The van der Waals surface area contributed by atoms with Crippen LogP contribution < -0.4 is 0 Å². The summed E-state index contributed by atoms with van der Waals surface area (Å²) in [6.07, 6.45) is 0. The second-order valence-corrected chi connectivity index (χ2v) is 4.85. The number of hydrogen-bond acceptors (Lipinski definition) is 3. The fourth-order valence-corrected chi connectivity index (χ4v) is 1.90. The molecule has 1 aromatic carbocycles. The van der Waals surface area contributed by atoms with Crippen LogP contribution in [-0.2, 0) is 9.53 Å². The van der Waals surface area contributed by atoms with Crippen LogP contribution in [-0.4, -0.2) is 18.4 Å². The summed E-state index contributed by atoms with van der Waals surface area (Å²) in [5.74, 6) is -1.21. The fourth-order valence-electron chi connectivity index (χ4n) is 1.52. The predicted molar refractivity (Wildman–Crippen MR) is 69.2 cm³/mol. The van der Waals surface area contributed by atoms with E-state index in [0.29, 0.717) is 5.56 Å². The Kier molecular flexibility index (Phi) is 4.87. The van der Waals surface area contributed by atoms with Crippen LogP contribution in [0.5, 0.6) is 0 Å². The first-order chi connectivity index (χ1) is 7.97. The highest BCUT2D eigenvalue weighted by Gasteiger charge is 2.21. The molecule has 0 radical (unpaired) electrons. The molecule has 0 spiro atoms. The third-order valence-electron chi connectivity index (χ3n) is 2.34. The minimum Gasteiger partial charge on any atom is -0.460 e. The van der Waals surface area contributed by atoms with Gasteiger partial charge in [0.15, 0.2) is 0 Å². The first-order valence-electron chi connectivity index (χ1n) is 5.48. The summed E-state index contributed by atoms with van der Waals surface area (Å²) < 4.78 is 5.61. The predicted octanol–water partition coefficient (Wildman–Crippen LogP) is 3.32. The molecule has 1 aromatic rings. The Balaban J connectivity index is 3.13. The van der Waals surface area contributed by atoms with Crippen molar-refractivity contribution < 1.29 is 14.3 Å². The van der Waals surface area contributed by atoms with Crippen molar-refractivity contribution in [3.8, 4) is 0 Å². The highest BCUT2D eigenvalue weighted by molar-refractivity contribution is 9.10. The van der Waals surface area contributed by atoms with Crippen LogP contribution >= 0.6 is 15.9 Å². The molecule has 0 amide bonds. The van der Waals surface area contributed by atoms with Gasteiger partial charge in [0.1, 0.15) is 0 Å². The maximum Gasteiger partial charge on any atom is 0.379 e. The summed E-state index contributed by atoms with van der Waals surface area (Å²) in [6.45, 7) is 5.83. The van der Waals surface area contributed by atoms with Crippen LogP contribution in [0.15, 0.2) is 22.7 Å². The maximum absolute atomic E-state index is 11.9. The molecule has 0 aliphatic rings. The lowest BCUT2D eigenvalue weighted by atomic mass is 9.95. The van der Waals surface area contributed by atoms with Crippen molar-refractivity contribution in [1.29, 1.82) is 0 Å². The summed E-state index contributed by atoms with van der Waals surface area (Å²) in [6, 6.07) is 5.26. The van der Waals surface area contributed by atoms with Crippen LogP contribution in [0, 0.1) is 0 Å². The summed E-state index contributed by atoms with van der Waals surface area (Å²) in [4.78, 5) is 23.3. The number of carbonyl (C=O) groups is 2. The smallest absolute Gasteiger partial charge is 0.379 e. The number of halogens is 1. The number of rotatable bonds is 4. The van der Waals surface area contributed by atoms with E-state index in [0.717, 1.165) is 10.0 Å². The Hall–Kier alpha value is -1.16. The van der Waals surface area contributed by atoms with Gasteiger partial charge in [-0.15, -0.1) is 0 Å². The highest BCUT2D eigenvalue weighted by atomic mass is 79.9. The van der Waals surface area contributed by atoms with E-state index in [4.69, 9.17) is 4.74 Å². The maximum atomic E-state index is 11.9. The monoisotopic (exact) mass is 298 g/mol. The Labute approximate surface area is 109 Å². The number of benzene rings is 1. The van der Waals surface area contributed by atoms with E-state index in [1.54, 1.807) is 19.1 Å². The second-order valence-electron chi connectivity index (χ2n) is 3.94. The van der Waals surface area contributed by atoms with Gasteiger partial charge in [0.2, 0.25) is 0 Å². The van der Waals surface area contributed by atoms with Gasteiger partial charge < -0.3 is 4.74 Å². The van der Waals surface area contributed by atoms with E-state index in [1.807, 2.05) is 19.9 Å². The van der Waals surface area contributed by atoms with E-state index < -0.39 is 11.8 Å². The number of Topliss-reactive ketones (excluding diaryl/α,β-unsaturated/α-hetero) is 1. The third-order valence-corrected chi connectivity index (χ3v) is 2.83. The lowest BCUT2D eigenvalue weighted by Gasteiger charge is -2.11. The van der Waals surface area contributed by atoms with E-state index >= 15 is 0 Å². The van der Waals surface area contributed by atoms with Gasteiger partial charge in [-0.25, -0.2) is 4.79 Å². The van der Waals surface area contributed by atoms with Gasteiger partial charge in [-0.2, -0.15) is 0 Å². The molecule has 0 saturated heterocycles. The lowest BCUT2D eigenvalue weighted by molar-refractivity contribution is -0.137. The Morgan fingerprint density at radius 3 is 2.53 bits per heavy atom. The molecule has 0 aliphatic carbocycles. The molecule has 0 aromatic heterocycles. The Bertz CT molecular complexity index is 438. The molecule has 0 N–H and O–H groups in total. The molecule has 92 valence electrons. The van der Waals surface area contributed by atoms with E-state index in [-0.39, 0.29) is 12.5 Å². The van der Waals surface area contributed by atoms with Crippen LogP contribution in [0.1, 0.15) is 42.6 Å². The zero-order valence-electron chi connectivity index (χ0n) is 10.1. The molecule has 0 atom stereocenters. The van der Waals surface area contributed by atoms with Crippen LogP contribution in [0.4, 0.5) is 0 Å². The summed E-state index contributed by atoms with van der Waals surface area (Å²) in [5.41, 5.74) is 1.26. The molecule has 0 fully saturated rings. The summed E-state index contributed by atoms with van der Waals surface area (Å²) >= 11 is 3.35. The Morgan fingerprint density at radius 1 is 1.35 bits per heavy atom. The van der Waals surface area contributed by atoms with Gasteiger partial charge in [-0.05, 0) is 36.6 Å². The van der Waals surface area contributed by atoms with Crippen molar-refractivity contribution >= 4 is 27.7 Å². The average molecular weight is 299 g/mol. The van der Waals surface area contributed by atoms with Crippen molar-refractivity contribution in [3.05, 3.63) is 33.8 Å². The minimum atomic E-state index is -0.795. The van der Waals surface area contributed by atoms with Crippen LogP contribution in [0.2, 0.25) is 0 Å². The molecule has 0 aliphatic heterocycles. The number of hydrogen-bond donors (Lipinski definition) is 0. The minimum absolute atomic E-state index is 0.167. The average Bonchev–Trinajstić information content (AvgIpc) is 2.28. The fraction of sp³-hybridized carbons (Fsp3) is 0.385. The molecule has 0 bridgehead atoms. The van der Waals surface area contributed by atoms with Gasteiger partial charge in [0.05, 0.1) is 6.61 Å². The quantitative estimate of drug-likeness (QED) is 0.486. The van der Waals surface area contributed by atoms with Gasteiger partial charge in [-0.1, -0.05) is 29.8 Å². The molecule has 1 rings (SSSR count). The highest BCUT2D eigenvalue weighted by Crippen LogP contribution is 2.24. The zero-order chi connectivity index (χ0) is 13.0. The van der Waals surface area contributed by atoms with Gasteiger partial charge in [-0.3, -0.25) is 4.79 Å². The van der Waals surface area contributed by atoms with Gasteiger partial charge >= 0.3 is 5.97 Å². The van der Waals surface area contributed by atoms with Crippen molar-refractivity contribution in [2.45, 2.75) is 26.7 Å². The van der Waals surface area contributed by atoms with Gasteiger partial charge in [0, 0.05) is 10.0 Å². The van der Waals surface area contributed by atoms with Crippen LogP contribution in [0.3, 0.4) is 0 Å². The van der Waals surface area contributed by atoms with Gasteiger partial charge in [0.25, 0.3) is 5.78 Å². The zero-order valence-corrected chi connectivity index (χ0v) is 11.7. The molecular weight excluding hydrogens is 284 g/mol. The Morgan fingerprint density at radius 2 is 2.00 bits per heavy atom. The topological polar surface area (TPSA) is 43.4 Å². The summed E-state index contributed by atoms with van der Waals surface area (Å²) in [5, 5.41) is 0. The van der Waals surface area contributed by atoms with E-state index in [9.17, 15) is 9.59 Å². The van der Waals surface area contributed by atoms with Crippen molar-refractivity contribution in [3.63, 3.8) is 0 Å². The third kappa shape index (κ3) is 3.40. The molecule has 0 unspecified atom stereocenters. The molecule has 0 saturated carbocycles. The molecule has 17 heavy (non-hydrogen) atoms. The van der Waals surface area contributed by atoms with Crippen molar-refractivity contribution in [2.24, 2.45) is 0 Å². The number of esters is 1. The standard InChI is InChI=1S/C13H15BrO3/c1-4-17-13(16)12(15)10-6-5-9(14)7-11(10)8(2)3/h5-8H,4H2,1-3H3. The SMILES string of the molecule is CCOC(=O)C(=O)c1ccc(Br)cc1C(C)C. The largest absolute Gasteiger partial charge is 0.460 e. The first-order valence-corrected chi connectivity index (χ1v) is 6.27. The first kappa shape index (κ1) is 13.9. The number of ether oxygens (including phenoxy) is 1. The van der Waals surface area contributed by atoms with E-state index in [2.05, 4.69) is 15.9 Å². The van der Waals surface area contributed by atoms with Crippen molar-refractivity contribution in [1.82, 2.24) is 0 Å². The molecule has 0 heterocycles. The normalized spacial score (nSPS) is 10.4. The second kappa shape index (κ2) is 5.96. The number of carbonyl (C=O) groups excluding carboxylic acids is 2. The van der Waals surface area contributed by atoms with E-state index in [1.165, 1.54) is 0 Å². The number of ketones is 1. The lowest BCUT2D eigenvalue weighted by Crippen LogP contribution is -2.19. The summed E-state index contributed by atoms with van der Waals surface area (Å²) in [7, 11) is 0. The van der Waals surface area contributed by atoms with Crippen molar-refractivity contribution in [2.75, 3.05) is 6.61 Å². The van der Waals surface area contributed by atoms with Crippen LogP contribution in [0.25, 0.3) is 0 Å². The molecular formula is C13H15BrO3. The molecule has 3 nitrogen and oxygen atoms in total.